The minimum absolute atomic E-state index is 0.0385. The monoisotopic (exact) mass is 383 g/mol. The molecule has 3 aromatic heterocycles. The first-order valence-electron chi connectivity index (χ1n) is 7.75. The van der Waals surface area contributed by atoms with Crippen LogP contribution < -0.4 is 11.1 Å². The van der Waals surface area contributed by atoms with Crippen molar-refractivity contribution in [2.24, 2.45) is 5.73 Å². The van der Waals surface area contributed by atoms with Gasteiger partial charge in [0, 0.05) is 23.7 Å². The standard InChI is InChI=1S/C15H16F3N7S/c1-8(19)4-6-21-14-24-12-13(25-14)23-10(7-22-12)26-9-3-2-5-20-11(9)15(16,17)18/h2-3,5,7-8H,4,6,19H2,1H3,(H2,21,22,23,24,25). The maximum Gasteiger partial charge on any atom is 0.434 e. The number of fused-ring (bicyclic) bond motifs is 1. The number of hydrogen-bond donors (Lipinski definition) is 3. The first-order chi connectivity index (χ1) is 12.3. The van der Waals surface area contributed by atoms with Gasteiger partial charge in [-0.3, -0.25) is 4.98 Å². The highest BCUT2D eigenvalue weighted by atomic mass is 32.2. The average Bonchev–Trinajstić information content (AvgIpc) is 2.96. The molecule has 0 saturated carbocycles. The van der Waals surface area contributed by atoms with Crippen molar-refractivity contribution in [3.63, 3.8) is 0 Å². The Hall–Kier alpha value is -2.40. The van der Waals surface area contributed by atoms with Crippen LogP contribution in [0, 0.1) is 0 Å². The number of nitrogens with two attached hydrogens (primary N) is 1. The molecule has 0 aliphatic heterocycles. The Morgan fingerprint density at radius 2 is 2.12 bits per heavy atom. The van der Waals surface area contributed by atoms with Crippen molar-refractivity contribution in [1.29, 1.82) is 0 Å². The lowest BCUT2D eigenvalue weighted by Gasteiger charge is -2.10. The van der Waals surface area contributed by atoms with E-state index in [0.29, 0.717) is 28.8 Å². The van der Waals surface area contributed by atoms with Gasteiger partial charge in [0.25, 0.3) is 0 Å². The maximum absolute atomic E-state index is 13.0. The van der Waals surface area contributed by atoms with Gasteiger partial charge >= 0.3 is 6.18 Å². The molecule has 0 saturated heterocycles. The zero-order valence-electron chi connectivity index (χ0n) is 13.7. The minimum Gasteiger partial charge on any atom is -0.356 e. The lowest BCUT2D eigenvalue weighted by Crippen LogP contribution is -2.19. The molecule has 1 unspecified atom stereocenters. The molecule has 3 rings (SSSR count). The van der Waals surface area contributed by atoms with E-state index in [1.54, 1.807) is 0 Å². The summed E-state index contributed by atoms with van der Waals surface area (Å²) in [4.78, 5) is 19.0. The summed E-state index contributed by atoms with van der Waals surface area (Å²) in [5.74, 6) is 0.486. The lowest BCUT2D eigenvalue weighted by atomic mass is 10.2. The van der Waals surface area contributed by atoms with Crippen molar-refractivity contribution in [2.75, 3.05) is 11.9 Å². The topological polar surface area (TPSA) is 105 Å². The Balaban J connectivity index is 1.80. The number of rotatable bonds is 6. The third kappa shape index (κ3) is 4.41. The van der Waals surface area contributed by atoms with Crippen LogP contribution in [0.5, 0.6) is 0 Å². The van der Waals surface area contributed by atoms with Gasteiger partial charge in [0.2, 0.25) is 5.95 Å². The Labute approximate surface area is 151 Å². The number of nitrogens with zero attached hydrogens (tertiary/aromatic N) is 4. The minimum atomic E-state index is -4.54. The number of imidazole rings is 1. The lowest BCUT2D eigenvalue weighted by molar-refractivity contribution is -0.143. The summed E-state index contributed by atoms with van der Waals surface area (Å²) in [6, 6.07) is 2.86. The van der Waals surface area contributed by atoms with Gasteiger partial charge in [-0.1, -0.05) is 11.8 Å². The van der Waals surface area contributed by atoms with Crippen LogP contribution in [0.25, 0.3) is 11.3 Å². The van der Waals surface area contributed by atoms with Crippen molar-refractivity contribution in [3.05, 3.63) is 30.2 Å². The van der Waals surface area contributed by atoms with Gasteiger partial charge in [0.15, 0.2) is 17.0 Å². The highest BCUT2D eigenvalue weighted by Crippen LogP contribution is 2.37. The first-order valence-corrected chi connectivity index (χ1v) is 8.57. The van der Waals surface area contributed by atoms with Gasteiger partial charge in [-0.15, -0.1) is 0 Å². The highest BCUT2D eigenvalue weighted by Gasteiger charge is 2.35. The van der Waals surface area contributed by atoms with Crippen molar-refractivity contribution in [3.8, 4) is 0 Å². The van der Waals surface area contributed by atoms with E-state index in [4.69, 9.17) is 5.73 Å². The molecule has 138 valence electrons. The molecular weight excluding hydrogens is 367 g/mol. The van der Waals surface area contributed by atoms with Crippen LogP contribution in [0.2, 0.25) is 0 Å². The third-order valence-corrected chi connectivity index (χ3v) is 4.29. The Morgan fingerprint density at radius 1 is 1.31 bits per heavy atom. The van der Waals surface area contributed by atoms with E-state index in [1.165, 1.54) is 18.3 Å². The van der Waals surface area contributed by atoms with Gasteiger partial charge in [0.05, 0.1) is 6.20 Å². The van der Waals surface area contributed by atoms with Crippen molar-refractivity contribution >= 4 is 29.0 Å². The molecule has 3 heterocycles. The number of aromatic amines is 1. The number of H-pyrrole nitrogens is 1. The number of halogens is 3. The normalized spacial score (nSPS) is 13.1. The summed E-state index contributed by atoms with van der Waals surface area (Å²) >= 11 is 0.846. The molecule has 1 atom stereocenters. The number of nitrogens with one attached hydrogen (secondary N) is 2. The Morgan fingerprint density at radius 3 is 2.85 bits per heavy atom. The molecule has 26 heavy (non-hydrogen) atoms. The predicted molar refractivity (Wildman–Crippen MR) is 91.8 cm³/mol. The molecule has 0 fully saturated rings. The summed E-state index contributed by atoms with van der Waals surface area (Å²) < 4.78 is 39.1. The molecule has 7 nitrogen and oxygen atoms in total. The molecular formula is C15H16F3N7S. The van der Waals surface area contributed by atoms with Crippen molar-refractivity contribution in [2.45, 2.75) is 35.5 Å². The molecule has 4 N–H and O–H groups in total. The van der Waals surface area contributed by atoms with E-state index in [-0.39, 0.29) is 10.9 Å². The second-order valence-corrected chi connectivity index (χ2v) is 6.67. The molecule has 0 aromatic carbocycles. The van der Waals surface area contributed by atoms with E-state index in [0.717, 1.165) is 24.4 Å². The molecule has 0 bridgehead atoms. The van der Waals surface area contributed by atoms with E-state index in [9.17, 15) is 13.2 Å². The van der Waals surface area contributed by atoms with Gasteiger partial charge in [0.1, 0.15) is 5.03 Å². The van der Waals surface area contributed by atoms with E-state index >= 15 is 0 Å². The number of hydrogen-bond acceptors (Lipinski definition) is 7. The van der Waals surface area contributed by atoms with Crippen molar-refractivity contribution < 1.29 is 13.2 Å². The van der Waals surface area contributed by atoms with Crippen LogP contribution in [0.15, 0.2) is 34.4 Å². The van der Waals surface area contributed by atoms with Crippen LogP contribution >= 0.6 is 11.8 Å². The zero-order valence-corrected chi connectivity index (χ0v) is 14.5. The number of alkyl halides is 3. The van der Waals surface area contributed by atoms with E-state index < -0.39 is 11.9 Å². The summed E-state index contributed by atoms with van der Waals surface area (Å²) in [5, 5.41) is 3.38. The predicted octanol–water partition coefficient (Wildman–Crippen LogP) is 3.07. The first kappa shape index (κ1) is 18.4. The molecule has 0 spiro atoms. The fraction of sp³-hybridized carbons (Fsp3) is 0.333. The molecule has 3 aromatic rings. The second kappa shape index (κ2) is 7.46. The fourth-order valence-corrected chi connectivity index (χ4v) is 3.01. The van der Waals surface area contributed by atoms with E-state index in [2.05, 4.69) is 30.2 Å². The Bertz CT molecular complexity index is 894. The third-order valence-electron chi connectivity index (χ3n) is 3.33. The fourth-order valence-electron chi connectivity index (χ4n) is 2.13. The zero-order chi connectivity index (χ0) is 18.7. The number of anilines is 1. The molecule has 0 amide bonds. The van der Waals surface area contributed by atoms with Crippen LogP contribution in [-0.4, -0.2) is 37.5 Å². The molecule has 0 aliphatic carbocycles. The van der Waals surface area contributed by atoms with Gasteiger partial charge in [-0.25, -0.2) is 9.97 Å². The number of pyridine rings is 1. The van der Waals surface area contributed by atoms with Gasteiger partial charge < -0.3 is 16.0 Å². The molecule has 11 heteroatoms. The summed E-state index contributed by atoms with van der Waals surface area (Å²) in [6.07, 6.45) is -1.28. The highest BCUT2D eigenvalue weighted by molar-refractivity contribution is 7.99. The summed E-state index contributed by atoms with van der Waals surface area (Å²) in [6.45, 7) is 2.53. The van der Waals surface area contributed by atoms with Crippen LogP contribution in [0.3, 0.4) is 0 Å². The Kier molecular flexibility index (Phi) is 5.28. The van der Waals surface area contributed by atoms with E-state index in [1.807, 2.05) is 6.92 Å². The van der Waals surface area contributed by atoms with Crippen LogP contribution in [0.1, 0.15) is 19.0 Å². The SMILES string of the molecule is CC(N)CCNc1nc2ncc(Sc3cccnc3C(F)(F)F)nc2[nH]1. The summed E-state index contributed by atoms with van der Waals surface area (Å²) in [5.41, 5.74) is 5.49. The maximum atomic E-state index is 13.0. The van der Waals surface area contributed by atoms with Crippen LogP contribution in [-0.2, 0) is 6.18 Å². The second-order valence-electron chi connectivity index (χ2n) is 5.61. The average molecular weight is 383 g/mol. The van der Waals surface area contributed by atoms with Gasteiger partial charge in [-0.05, 0) is 25.5 Å². The molecule has 0 aliphatic rings. The largest absolute Gasteiger partial charge is 0.434 e. The van der Waals surface area contributed by atoms with Gasteiger partial charge in [-0.2, -0.15) is 18.2 Å². The summed E-state index contributed by atoms with van der Waals surface area (Å²) in [7, 11) is 0. The van der Waals surface area contributed by atoms with Crippen molar-refractivity contribution in [1.82, 2.24) is 24.9 Å². The number of aromatic nitrogens is 5. The molecule has 0 radical (unpaired) electrons. The quantitative estimate of drug-likeness (QED) is 0.601. The smallest absolute Gasteiger partial charge is 0.356 e. The van der Waals surface area contributed by atoms with Crippen LogP contribution in [0.4, 0.5) is 19.1 Å².